The van der Waals surface area contributed by atoms with Crippen molar-refractivity contribution >= 4 is 29.3 Å². The van der Waals surface area contributed by atoms with Crippen LogP contribution < -0.4 is 15.4 Å². The highest BCUT2D eigenvalue weighted by atomic mass is 32.2. The lowest BCUT2D eigenvalue weighted by molar-refractivity contribution is -0.121. The van der Waals surface area contributed by atoms with E-state index in [1.807, 2.05) is 85.8 Å². The van der Waals surface area contributed by atoms with Gasteiger partial charge in [0, 0.05) is 18.0 Å². The summed E-state index contributed by atoms with van der Waals surface area (Å²) in [5.74, 6) is 0.0287. The second-order valence-corrected chi connectivity index (χ2v) is 9.14. The molecule has 0 radical (unpaired) electrons. The Bertz CT molecular complexity index is 1280. The maximum atomic E-state index is 12.5. The third kappa shape index (κ3) is 6.31. The SMILES string of the molecule is Cc1ccccc1NC(=O)CSC1=C(C#N)[C@@H](c2ccc(OCc3ccccc3)cc2)CC(=O)N1. The van der Waals surface area contributed by atoms with Gasteiger partial charge in [-0.1, -0.05) is 72.4 Å². The normalized spacial score (nSPS) is 15.2. The highest BCUT2D eigenvalue weighted by Crippen LogP contribution is 2.36. The number of rotatable bonds is 8. The molecule has 3 aromatic carbocycles. The summed E-state index contributed by atoms with van der Waals surface area (Å²) < 4.78 is 5.85. The zero-order valence-electron chi connectivity index (χ0n) is 19.3. The number of nitriles is 1. The first-order valence-electron chi connectivity index (χ1n) is 11.2. The van der Waals surface area contributed by atoms with Crippen molar-refractivity contribution in [2.75, 3.05) is 11.1 Å². The fourth-order valence-electron chi connectivity index (χ4n) is 3.79. The third-order valence-corrected chi connectivity index (χ3v) is 6.67. The second-order valence-electron chi connectivity index (χ2n) is 8.15. The fraction of sp³-hybridized carbons (Fsp3) is 0.179. The van der Waals surface area contributed by atoms with Crippen molar-refractivity contribution in [2.24, 2.45) is 0 Å². The van der Waals surface area contributed by atoms with Gasteiger partial charge in [0.25, 0.3) is 0 Å². The number of para-hydroxylation sites is 1. The molecule has 0 spiro atoms. The van der Waals surface area contributed by atoms with Crippen LogP contribution in [0.3, 0.4) is 0 Å². The van der Waals surface area contributed by atoms with Gasteiger partial charge in [-0.25, -0.2) is 0 Å². The molecule has 1 heterocycles. The molecule has 0 aliphatic carbocycles. The summed E-state index contributed by atoms with van der Waals surface area (Å²) in [7, 11) is 0. The number of nitrogens with zero attached hydrogens (tertiary/aromatic N) is 1. The van der Waals surface area contributed by atoms with E-state index >= 15 is 0 Å². The smallest absolute Gasteiger partial charge is 0.234 e. The highest BCUT2D eigenvalue weighted by molar-refractivity contribution is 8.03. The molecule has 0 bridgehead atoms. The van der Waals surface area contributed by atoms with Gasteiger partial charge in [-0.2, -0.15) is 5.26 Å². The molecular weight excluding hydrogens is 458 g/mol. The van der Waals surface area contributed by atoms with Crippen molar-refractivity contribution in [3.8, 4) is 11.8 Å². The molecule has 1 aliphatic heterocycles. The Morgan fingerprint density at radius 2 is 1.80 bits per heavy atom. The van der Waals surface area contributed by atoms with E-state index in [1.54, 1.807) is 0 Å². The van der Waals surface area contributed by atoms with Gasteiger partial charge < -0.3 is 15.4 Å². The zero-order valence-corrected chi connectivity index (χ0v) is 20.1. The van der Waals surface area contributed by atoms with Crippen molar-refractivity contribution in [3.63, 3.8) is 0 Å². The molecule has 1 atom stereocenters. The minimum atomic E-state index is -0.376. The average Bonchev–Trinajstić information content (AvgIpc) is 2.88. The van der Waals surface area contributed by atoms with Crippen molar-refractivity contribution in [3.05, 3.63) is 106 Å². The lowest BCUT2D eigenvalue weighted by atomic mass is 9.87. The summed E-state index contributed by atoms with van der Waals surface area (Å²) in [4.78, 5) is 24.9. The van der Waals surface area contributed by atoms with Crippen LogP contribution in [0.15, 0.2) is 89.5 Å². The van der Waals surface area contributed by atoms with Crippen LogP contribution in [0.25, 0.3) is 0 Å². The molecule has 176 valence electrons. The van der Waals surface area contributed by atoms with Crippen molar-refractivity contribution in [1.29, 1.82) is 5.26 Å². The Kier molecular flexibility index (Phi) is 7.86. The topological polar surface area (TPSA) is 91.2 Å². The number of thioether (sulfide) groups is 1. The molecule has 0 saturated carbocycles. The molecule has 0 aromatic heterocycles. The number of aryl methyl sites for hydroxylation is 1. The first-order valence-corrected chi connectivity index (χ1v) is 12.2. The molecule has 7 heteroatoms. The number of hydrogen-bond acceptors (Lipinski definition) is 5. The summed E-state index contributed by atoms with van der Waals surface area (Å²) in [6.07, 6.45) is 0.173. The summed E-state index contributed by atoms with van der Waals surface area (Å²) in [5.41, 5.74) is 4.09. The van der Waals surface area contributed by atoms with Crippen LogP contribution in [-0.4, -0.2) is 17.6 Å². The Morgan fingerprint density at radius 3 is 2.51 bits per heavy atom. The number of nitrogens with one attached hydrogen (secondary N) is 2. The number of benzene rings is 3. The van der Waals surface area contributed by atoms with E-state index in [1.165, 1.54) is 0 Å². The number of carbonyl (C=O) groups is 2. The Morgan fingerprint density at radius 1 is 1.09 bits per heavy atom. The first-order chi connectivity index (χ1) is 17.0. The maximum absolute atomic E-state index is 12.5. The number of allylic oxidation sites excluding steroid dienone is 1. The second kappa shape index (κ2) is 11.4. The van der Waals surface area contributed by atoms with Crippen LogP contribution in [0.5, 0.6) is 5.75 Å². The molecule has 1 aliphatic rings. The molecule has 35 heavy (non-hydrogen) atoms. The van der Waals surface area contributed by atoms with Gasteiger partial charge in [-0.15, -0.1) is 0 Å². The van der Waals surface area contributed by atoms with Crippen LogP contribution in [0.1, 0.15) is 29.0 Å². The van der Waals surface area contributed by atoms with Crippen LogP contribution in [-0.2, 0) is 16.2 Å². The molecule has 6 nitrogen and oxygen atoms in total. The van der Waals surface area contributed by atoms with Gasteiger partial charge in [0.1, 0.15) is 12.4 Å². The number of carbonyl (C=O) groups excluding carboxylic acids is 2. The lowest BCUT2D eigenvalue weighted by Crippen LogP contribution is -2.31. The molecular formula is C28H25N3O3S. The minimum Gasteiger partial charge on any atom is -0.489 e. The maximum Gasteiger partial charge on any atom is 0.234 e. The highest BCUT2D eigenvalue weighted by Gasteiger charge is 2.30. The first kappa shape index (κ1) is 24.1. The summed E-state index contributed by atoms with van der Waals surface area (Å²) in [6.45, 7) is 2.38. The molecule has 0 unspecified atom stereocenters. The fourth-order valence-corrected chi connectivity index (χ4v) is 4.67. The zero-order chi connectivity index (χ0) is 24.6. The van der Waals surface area contributed by atoms with Crippen LogP contribution in [0.4, 0.5) is 5.69 Å². The summed E-state index contributed by atoms with van der Waals surface area (Å²) in [6, 6.07) is 27.1. The van der Waals surface area contributed by atoms with E-state index in [0.29, 0.717) is 23.0 Å². The van der Waals surface area contributed by atoms with E-state index in [0.717, 1.165) is 34.1 Å². The van der Waals surface area contributed by atoms with Crippen molar-refractivity contribution < 1.29 is 14.3 Å². The quantitative estimate of drug-likeness (QED) is 0.455. The van der Waals surface area contributed by atoms with E-state index in [2.05, 4.69) is 16.7 Å². The number of amides is 2. The molecule has 3 aromatic rings. The molecule has 2 amide bonds. The number of hydrogen-bond donors (Lipinski definition) is 2. The Labute approximate surface area is 209 Å². The third-order valence-electron chi connectivity index (χ3n) is 5.65. The van der Waals surface area contributed by atoms with E-state index in [-0.39, 0.29) is 29.9 Å². The lowest BCUT2D eigenvalue weighted by Gasteiger charge is -2.25. The van der Waals surface area contributed by atoms with E-state index in [9.17, 15) is 14.9 Å². The van der Waals surface area contributed by atoms with Crippen LogP contribution in [0, 0.1) is 18.3 Å². The van der Waals surface area contributed by atoms with Gasteiger partial charge >= 0.3 is 0 Å². The predicted octanol–water partition coefficient (Wildman–Crippen LogP) is 5.28. The molecule has 0 saturated heterocycles. The minimum absolute atomic E-state index is 0.0775. The van der Waals surface area contributed by atoms with Gasteiger partial charge in [0.15, 0.2) is 0 Å². The van der Waals surface area contributed by atoms with Crippen molar-refractivity contribution in [1.82, 2.24) is 5.32 Å². The predicted molar refractivity (Wildman–Crippen MR) is 138 cm³/mol. The standard InChI is InChI=1S/C28H25N3O3S/c1-19-7-5-6-10-25(19)30-27(33)18-35-28-24(16-29)23(15-26(32)31-28)21-11-13-22(14-12-21)34-17-20-8-3-2-4-9-20/h2-14,23H,15,17-18H2,1H3,(H,30,33)(H,31,32)/t23-/m1/s1. The molecule has 0 fully saturated rings. The number of ether oxygens (including phenoxy) is 1. The van der Waals surface area contributed by atoms with E-state index < -0.39 is 0 Å². The number of anilines is 1. The molecule has 4 rings (SSSR count). The van der Waals surface area contributed by atoms with Crippen LogP contribution >= 0.6 is 11.8 Å². The molecule has 2 N–H and O–H groups in total. The average molecular weight is 484 g/mol. The van der Waals surface area contributed by atoms with Gasteiger partial charge in [0.05, 0.1) is 22.4 Å². The Balaban J connectivity index is 1.43. The monoisotopic (exact) mass is 483 g/mol. The largest absolute Gasteiger partial charge is 0.489 e. The Hall–Kier alpha value is -4.02. The van der Waals surface area contributed by atoms with Gasteiger partial charge in [-0.05, 0) is 41.8 Å². The summed E-state index contributed by atoms with van der Waals surface area (Å²) in [5, 5.41) is 16.0. The van der Waals surface area contributed by atoms with Gasteiger partial charge in [-0.3, -0.25) is 9.59 Å². The van der Waals surface area contributed by atoms with E-state index in [4.69, 9.17) is 4.74 Å². The summed E-state index contributed by atoms with van der Waals surface area (Å²) >= 11 is 1.16. The van der Waals surface area contributed by atoms with Crippen molar-refractivity contribution in [2.45, 2.75) is 25.9 Å². The van der Waals surface area contributed by atoms with Crippen LogP contribution in [0.2, 0.25) is 0 Å². The van der Waals surface area contributed by atoms with Gasteiger partial charge in [0.2, 0.25) is 11.8 Å².